The normalized spacial score (nSPS) is 16.5. The summed E-state index contributed by atoms with van der Waals surface area (Å²) in [6.07, 6.45) is 1.04. The summed E-state index contributed by atoms with van der Waals surface area (Å²) in [5, 5.41) is 3.70. The van der Waals surface area contributed by atoms with Crippen LogP contribution in [0.5, 0.6) is 5.75 Å². The van der Waals surface area contributed by atoms with Crippen molar-refractivity contribution in [2.75, 3.05) is 6.61 Å². The minimum Gasteiger partial charge on any atom is -0.493 e. The minimum atomic E-state index is -0.0362. The molecule has 1 aliphatic heterocycles. The van der Waals surface area contributed by atoms with Gasteiger partial charge in [-0.15, -0.1) is 0 Å². The smallest absolute Gasteiger partial charge is 0.224 e. The van der Waals surface area contributed by atoms with Gasteiger partial charge in [0, 0.05) is 21.5 Å². The Morgan fingerprint density at radius 3 is 2.95 bits per heavy atom. The third-order valence-corrected chi connectivity index (χ3v) is 4.52. The molecule has 0 saturated heterocycles. The van der Waals surface area contributed by atoms with Crippen LogP contribution >= 0.6 is 27.5 Å². The summed E-state index contributed by atoms with van der Waals surface area (Å²) < 4.78 is 6.61. The number of halogens is 2. The number of benzene rings is 2. The molecule has 5 heteroatoms. The molecule has 3 rings (SSSR count). The van der Waals surface area contributed by atoms with Gasteiger partial charge in [0.1, 0.15) is 5.75 Å². The van der Waals surface area contributed by atoms with Crippen LogP contribution in [0.1, 0.15) is 23.6 Å². The zero-order chi connectivity index (χ0) is 15.5. The van der Waals surface area contributed by atoms with E-state index in [1.165, 1.54) is 0 Å². The number of hydrogen-bond acceptors (Lipinski definition) is 2. The van der Waals surface area contributed by atoms with Gasteiger partial charge < -0.3 is 10.1 Å². The number of rotatable bonds is 3. The lowest BCUT2D eigenvalue weighted by Gasteiger charge is -2.27. The van der Waals surface area contributed by atoms with Crippen LogP contribution in [0.3, 0.4) is 0 Å². The predicted octanol–water partition coefficient (Wildman–Crippen LogP) is 4.29. The van der Waals surface area contributed by atoms with Crippen molar-refractivity contribution in [2.24, 2.45) is 0 Å². The Morgan fingerprint density at radius 1 is 1.32 bits per heavy atom. The molecule has 114 valence electrons. The van der Waals surface area contributed by atoms with Crippen molar-refractivity contribution in [2.45, 2.75) is 18.9 Å². The molecular weight excluding hydrogens is 366 g/mol. The standard InChI is InChI=1S/C17H15BrClNO2/c18-12-5-6-16-13(10-12)15(7-8-22-16)20-17(21)9-11-3-1-2-4-14(11)19/h1-6,10,15H,7-9H2,(H,20,21). The molecule has 2 aromatic rings. The molecule has 0 fully saturated rings. The highest BCUT2D eigenvalue weighted by Gasteiger charge is 2.23. The zero-order valence-electron chi connectivity index (χ0n) is 11.8. The number of carbonyl (C=O) groups excluding carboxylic acids is 1. The Balaban J connectivity index is 1.73. The topological polar surface area (TPSA) is 38.3 Å². The van der Waals surface area contributed by atoms with Gasteiger partial charge in [-0.05, 0) is 29.8 Å². The van der Waals surface area contributed by atoms with Gasteiger partial charge >= 0.3 is 0 Å². The van der Waals surface area contributed by atoms with Crippen molar-refractivity contribution >= 4 is 33.4 Å². The van der Waals surface area contributed by atoms with Crippen molar-refractivity contribution in [3.8, 4) is 5.75 Å². The number of ether oxygens (including phenoxy) is 1. The van der Waals surface area contributed by atoms with Gasteiger partial charge in [0.15, 0.2) is 0 Å². The van der Waals surface area contributed by atoms with E-state index in [9.17, 15) is 4.79 Å². The summed E-state index contributed by atoms with van der Waals surface area (Å²) in [4.78, 5) is 12.3. The number of nitrogens with one attached hydrogen (secondary N) is 1. The highest BCUT2D eigenvalue weighted by molar-refractivity contribution is 9.10. The SMILES string of the molecule is O=C(Cc1ccccc1Cl)NC1CCOc2ccc(Br)cc21. The molecule has 1 amide bonds. The molecule has 3 nitrogen and oxygen atoms in total. The van der Waals surface area contributed by atoms with Gasteiger partial charge in [0.2, 0.25) is 5.91 Å². The summed E-state index contributed by atoms with van der Waals surface area (Å²) in [7, 11) is 0. The van der Waals surface area contributed by atoms with Crippen LogP contribution in [0.15, 0.2) is 46.9 Å². The van der Waals surface area contributed by atoms with Gasteiger partial charge in [-0.2, -0.15) is 0 Å². The first-order valence-corrected chi connectivity index (χ1v) is 8.25. The van der Waals surface area contributed by atoms with Gasteiger partial charge in [0.05, 0.1) is 19.1 Å². The van der Waals surface area contributed by atoms with Crippen LogP contribution in [0.2, 0.25) is 5.02 Å². The molecule has 2 aromatic carbocycles. The first-order valence-electron chi connectivity index (χ1n) is 7.08. The fourth-order valence-corrected chi connectivity index (χ4v) is 3.16. The predicted molar refractivity (Wildman–Crippen MR) is 90.3 cm³/mol. The lowest BCUT2D eigenvalue weighted by Crippen LogP contribution is -2.33. The largest absolute Gasteiger partial charge is 0.493 e. The first kappa shape index (κ1) is 15.4. The summed E-state index contributed by atoms with van der Waals surface area (Å²) in [5.41, 5.74) is 1.84. The van der Waals surface area contributed by atoms with Crippen molar-refractivity contribution in [1.82, 2.24) is 5.32 Å². The quantitative estimate of drug-likeness (QED) is 0.863. The molecule has 0 saturated carbocycles. The van der Waals surface area contributed by atoms with Crippen LogP contribution in [0.4, 0.5) is 0 Å². The molecule has 22 heavy (non-hydrogen) atoms. The van der Waals surface area contributed by atoms with Crippen LogP contribution in [-0.2, 0) is 11.2 Å². The molecule has 0 radical (unpaired) electrons. The summed E-state index contributed by atoms with van der Waals surface area (Å²) in [6, 6.07) is 13.2. The van der Waals surface area contributed by atoms with Gasteiger partial charge in [-0.25, -0.2) is 0 Å². The van der Waals surface area contributed by atoms with Crippen molar-refractivity contribution in [3.05, 3.63) is 63.1 Å². The number of fused-ring (bicyclic) bond motifs is 1. The second-order valence-corrected chi connectivity index (χ2v) is 6.53. The molecule has 1 heterocycles. The fourth-order valence-electron chi connectivity index (χ4n) is 2.58. The lowest BCUT2D eigenvalue weighted by molar-refractivity contribution is -0.121. The molecule has 1 atom stereocenters. The average Bonchev–Trinajstić information content (AvgIpc) is 2.50. The molecular formula is C17H15BrClNO2. The Hall–Kier alpha value is -1.52. The van der Waals surface area contributed by atoms with Crippen LogP contribution in [0.25, 0.3) is 0 Å². The number of carbonyl (C=O) groups is 1. The molecule has 0 bridgehead atoms. The van der Waals surface area contributed by atoms with E-state index in [1.54, 1.807) is 6.07 Å². The third kappa shape index (κ3) is 3.45. The maximum Gasteiger partial charge on any atom is 0.224 e. The Bertz CT molecular complexity index is 705. The second kappa shape index (κ2) is 6.71. The summed E-state index contributed by atoms with van der Waals surface area (Å²) >= 11 is 9.57. The lowest BCUT2D eigenvalue weighted by atomic mass is 10.00. The number of hydrogen-bond donors (Lipinski definition) is 1. The van der Waals surface area contributed by atoms with E-state index in [2.05, 4.69) is 21.2 Å². The van der Waals surface area contributed by atoms with E-state index in [-0.39, 0.29) is 18.4 Å². The van der Waals surface area contributed by atoms with Crippen LogP contribution < -0.4 is 10.1 Å². The summed E-state index contributed by atoms with van der Waals surface area (Å²) in [6.45, 7) is 0.603. The minimum absolute atomic E-state index is 0.0313. The van der Waals surface area contributed by atoms with E-state index >= 15 is 0 Å². The van der Waals surface area contributed by atoms with Crippen molar-refractivity contribution < 1.29 is 9.53 Å². The van der Waals surface area contributed by atoms with Crippen molar-refractivity contribution in [3.63, 3.8) is 0 Å². The highest BCUT2D eigenvalue weighted by Crippen LogP contribution is 2.34. The Kier molecular flexibility index (Phi) is 4.69. The fraction of sp³-hybridized carbons (Fsp3) is 0.235. The maximum atomic E-state index is 12.3. The van der Waals surface area contributed by atoms with Crippen LogP contribution in [-0.4, -0.2) is 12.5 Å². The van der Waals surface area contributed by atoms with Gasteiger partial charge in [-0.1, -0.05) is 45.7 Å². The second-order valence-electron chi connectivity index (χ2n) is 5.21. The molecule has 0 aliphatic carbocycles. The molecule has 0 spiro atoms. The molecule has 0 aromatic heterocycles. The van der Waals surface area contributed by atoms with Gasteiger partial charge in [-0.3, -0.25) is 4.79 Å². The third-order valence-electron chi connectivity index (χ3n) is 3.66. The molecule has 1 aliphatic rings. The Morgan fingerprint density at radius 2 is 2.14 bits per heavy atom. The van der Waals surface area contributed by atoms with E-state index in [4.69, 9.17) is 16.3 Å². The number of amides is 1. The maximum absolute atomic E-state index is 12.3. The highest BCUT2D eigenvalue weighted by atomic mass is 79.9. The van der Waals surface area contributed by atoms with E-state index in [0.29, 0.717) is 11.6 Å². The van der Waals surface area contributed by atoms with E-state index < -0.39 is 0 Å². The molecule has 1 unspecified atom stereocenters. The first-order chi connectivity index (χ1) is 10.6. The van der Waals surface area contributed by atoms with Crippen LogP contribution in [0, 0.1) is 0 Å². The average molecular weight is 381 g/mol. The van der Waals surface area contributed by atoms with Gasteiger partial charge in [0.25, 0.3) is 0 Å². The van der Waals surface area contributed by atoms with E-state index in [0.717, 1.165) is 27.8 Å². The van der Waals surface area contributed by atoms with E-state index in [1.807, 2.05) is 36.4 Å². The monoisotopic (exact) mass is 379 g/mol. The molecule has 1 N–H and O–H groups in total. The van der Waals surface area contributed by atoms with Crippen molar-refractivity contribution in [1.29, 1.82) is 0 Å². The summed E-state index contributed by atoms with van der Waals surface area (Å²) in [5.74, 6) is 0.795. The zero-order valence-corrected chi connectivity index (χ0v) is 14.2. The Labute approximate surface area is 142 Å².